The molecule has 0 amide bonds. The Morgan fingerprint density at radius 3 is 2.52 bits per heavy atom. The third-order valence-electron chi connectivity index (χ3n) is 3.97. The Labute approximate surface area is 147 Å². The number of azide groups is 1. The Kier molecular flexibility index (Phi) is 6.87. The summed E-state index contributed by atoms with van der Waals surface area (Å²) in [6.07, 6.45) is 1.93. The summed E-state index contributed by atoms with van der Waals surface area (Å²) in [7, 11) is 2.99. The Hall–Kier alpha value is -2.98. The number of benzene rings is 2. The minimum Gasteiger partial charge on any atom is -0.496 e. The van der Waals surface area contributed by atoms with Gasteiger partial charge in [0.05, 0.1) is 20.3 Å². The smallest absolute Gasteiger partial charge is 0.305 e. The third kappa shape index (κ3) is 4.99. The van der Waals surface area contributed by atoms with Crippen LogP contribution in [0.3, 0.4) is 0 Å². The first-order chi connectivity index (χ1) is 12.2. The number of hydrogen-bond donors (Lipinski definition) is 0. The zero-order valence-electron chi connectivity index (χ0n) is 14.4. The van der Waals surface area contributed by atoms with Gasteiger partial charge >= 0.3 is 5.97 Å². The third-order valence-corrected chi connectivity index (χ3v) is 3.97. The van der Waals surface area contributed by atoms with Crippen LogP contribution in [0.25, 0.3) is 10.4 Å². The van der Waals surface area contributed by atoms with Crippen LogP contribution in [0.4, 0.5) is 0 Å². The number of esters is 1. The number of methoxy groups -OCH3 is 2. The quantitative estimate of drug-likeness (QED) is 0.305. The first-order valence-corrected chi connectivity index (χ1v) is 8.02. The largest absolute Gasteiger partial charge is 0.496 e. The van der Waals surface area contributed by atoms with E-state index in [9.17, 15) is 4.79 Å². The summed E-state index contributed by atoms with van der Waals surface area (Å²) in [6.45, 7) is 0. The van der Waals surface area contributed by atoms with E-state index in [1.165, 1.54) is 7.11 Å². The molecule has 2 aromatic rings. The Bertz CT molecular complexity index is 753. The molecule has 0 aliphatic rings. The normalized spacial score (nSPS) is 11.3. The Morgan fingerprint density at radius 1 is 1.16 bits per heavy atom. The summed E-state index contributed by atoms with van der Waals surface area (Å²) in [4.78, 5) is 14.1. The van der Waals surface area contributed by atoms with Crippen molar-refractivity contribution in [2.45, 2.75) is 25.3 Å². The van der Waals surface area contributed by atoms with E-state index >= 15 is 0 Å². The molecule has 0 fully saturated rings. The van der Waals surface area contributed by atoms with Gasteiger partial charge < -0.3 is 9.47 Å². The van der Waals surface area contributed by atoms with E-state index in [2.05, 4.69) is 14.8 Å². The zero-order chi connectivity index (χ0) is 18.1. The molecule has 25 heavy (non-hydrogen) atoms. The van der Waals surface area contributed by atoms with E-state index in [0.717, 1.165) is 29.5 Å². The van der Waals surface area contributed by atoms with Crippen molar-refractivity contribution in [3.8, 4) is 5.75 Å². The lowest BCUT2D eigenvalue weighted by atomic mass is 9.96. The molecule has 1 atom stereocenters. The molecular formula is C19H21N3O3. The van der Waals surface area contributed by atoms with Gasteiger partial charge in [0.15, 0.2) is 0 Å². The SMILES string of the molecule is COC(=O)CCCc1ccc(C(N=[N+]=[N-])c2ccccc2OC)cc1. The molecule has 0 spiro atoms. The average molecular weight is 339 g/mol. The number of aryl methyl sites for hydroxylation is 1. The molecule has 0 heterocycles. The number of hydrogen-bond acceptors (Lipinski definition) is 4. The van der Waals surface area contributed by atoms with Gasteiger partial charge in [0.2, 0.25) is 0 Å². The molecule has 0 radical (unpaired) electrons. The first-order valence-electron chi connectivity index (χ1n) is 8.02. The Balaban J connectivity index is 2.17. The van der Waals surface area contributed by atoms with Crippen molar-refractivity contribution >= 4 is 5.97 Å². The molecule has 0 aliphatic heterocycles. The fraction of sp³-hybridized carbons (Fsp3) is 0.316. The first kappa shape index (κ1) is 18.4. The highest BCUT2D eigenvalue weighted by atomic mass is 16.5. The highest BCUT2D eigenvalue weighted by Gasteiger charge is 2.16. The maximum atomic E-state index is 11.2. The van der Waals surface area contributed by atoms with Crippen molar-refractivity contribution < 1.29 is 14.3 Å². The van der Waals surface area contributed by atoms with Gasteiger partial charge in [-0.3, -0.25) is 4.79 Å². The second kappa shape index (κ2) is 9.35. The molecule has 2 aromatic carbocycles. The van der Waals surface area contributed by atoms with Gasteiger partial charge in [-0.25, -0.2) is 0 Å². The second-order valence-corrected chi connectivity index (χ2v) is 5.52. The van der Waals surface area contributed by atoms with Crippen LogP contribution in [-0.2, 0) is 16.0 Å². The number of nitrogens with zero attached hydrogens (tertiary/aromatic N) is 3. The summed E-state index contributed by atoms with van der Waals surface area (Å²) in [5.74, 6) is 0.485. The van der Waals surface area contributed by atoms with Crippen LogP contribution >= 0.6 is 0 Å². The van der Waals surface area contributed by atoms with Crippen molar-refractivity contribution in [2.75, 3.05) is 14.2 Å². The number of carbonyl (C=O) groups excluding carboxylic acids is 1. The fourth-order valence-corrected chi connectivity index (χ4v) is 2.66. The summed E-state index contributed by atoms with van der Waals surface area (Å²) >= 11 is 0. The predicted octanol–water partition coefficient (Wildman–Crippen LogP) is 4.59. The molecule has 0 aliphatic carbocycles. The zero-order valence-corrected chi connectivity index (χ0v) is 14.4. The highest BCUT2D eigenvalue weighted by Crippen LogP contribution is 2.33. The van der Waals surface area contributed by atoms with Gasteiger partial charge in [0, 0.05) is 16.9 Å². The van der Waals surface area contributed by atoms with E-state index in [1.807, 2.05) is 48.5 Å². The van der Waals surface area contributed by atoms with Crippen LogP contribution in [-0.4, -0.2) is 20.2 Å². The average Bonchev–Trinajstić information content (AvgIpc) is 2.66. The van der Waals surface area contributed by atoms with Gasteiger partial charge in [0.25, 0.3) is 0 Å². The van der Waals surface area contributed by atoms with Crippen molar-refractivity contribution in [2.24, 2.45) is 5.11 Å². The van der Waals surface area contributed by atoms with Crippen LogP contribution in [0.5, 0.6) is 5.75 Å². The molecule has 1 unspecified atom stereocenters. The fourth-order valence-electron chi connectivity index (χ4n) is 2.66. The van der Waals surface area contributed by atoms with Gasteiger partial charge in [0.1, 0.15) is 5.75 Å². The molecule has 2 rings (SSSR count). The standard InChI is InChI=1S/C19H21N3O3/c1-24-17-8-4-3-7-16(17)19(21-22-20)15-12-10-14(11-13-15)6-5-9-18(23)25-2/h3-4,7-8,10-13,19H,5-6,9H2,1-2H3. The summed E-state index contributed by atoms with van der Waals surface area (Å²) in [5, 5.41) is 3.94. The van der Waals surface area contributed by atoms with Gasteiger partial charge in [-0.2, -0.15) is 0 Å². The van der Waals surface area contributed by atoms with E-state index in [4.69, 9.17) is 10.3 Å². The lowest BCUT2D eigenvalue weighted by Crippen LogP contribution is -2.02. The van der Waals surface area contributed by atoms with E-state index in [-0.39, 0.29) is 5.97 Å². The van der Waals surface area contributed by atoms with Crippen molar-refractivity contribution in [1.29, 1.82) is 0 Å². The molecule has 130 valence electrons. The number of para-hydroxylation sites is 1. The van der Waals surface area contributed by atoms with E-state index < -0.39 is 6.04 Å². The lowest BCUT2D eigenvalue weighted by Gasteiger charge is -2.16. The van der Waals surface area contributed by atoms with Crippen LogP contribution in [0.1, 0.15) is 35.6 Å². The summed E-state index contributed by atoms with van der Waals surface area (Å²) in [5.41, 5.74) is 11.8. The van der Waals surface area contributed by atoms with Gasteiger partial charge in [-0.1, -0.05) is 47.6 Å². The predicted molar refractivity (Wildman–Crippen MR) is 95.4 cm³/mol. The summed E-state index contributed by atoms with van der Waals surface area (Å²) < 4.78 is 10.0. The van der Waals surface area contributed by atoms with Crippen LogP contribution < -0.4 is 4.74 Å². The van der Waals surface area contributed by atoms with Gasteiger partial charge in [-0.05, 0) is 35.6 Å². The summed E-state index contributed by atoms with van der Waals surface area (Å²) in [6, 6.07) is 14.9. The van der Waals surface area contributed by atoms with Crippen molar-refractivity contribution in [1.82, 2.24) is 0 Å². The molecule has 0 saturated heterocycles. The lowest BCUT2D eigenvalue weighted by molar-refractivity contribution is -0.140. The maximum Gasteiger partial charge on any atom is 0.305 e. The van der Waals surface area contributed by atoms with Crippen LogP contribution in [0.15, 0.2) is 53.6 Å². The topological polar surface area (TPSA) is 84.3 Å². The molecule has 0 N–H and O–H groups in total. The van der Waals surface area contributed by atoms with E-state index in [1.54, 1.807) is 7.11 Å². The number of rotatable bonds is 8. The second-order valence-electron chi connectivity index (χ2n) is 5.52. The monoisotopic (exact) mass is 339 g/mol. The number of carbonyl (C=O) groups is 1. The van der Waals surface area contributed by atoms with E-state index in [0.29, 0.717) is 12.2 Å². The minimum absolute atomic E-state index is 0.198. The Morgan fingerprint density at radius 2 is 1.88 bits per heavy atom. The molecule has 0 aromatic heterocycles. The van der Waals surface area contributed by atoms with Crippen LogP contribution in [0.2, 0.25) is 0 Å². The molecular weight excluding hydrogens is 318 g/mol. The minimum atomic E-state index is -0.453. The van der Waals surface area contributed by atoms with Crippen molar-refractivity contribution in [3.63, 3.8) is 0 Å². The molecule has 0 saturated carbocycles. The highest BCUT2D eigenvalue weighted by molar-refractivity contribution is 5.69. The molecule has 6 heteroatoms. The van der Waals surface area contributed by atoms with Gasteiger partial charge in [-0.15, -0.1) is 0 Å². The van der Waals surface area contributed by atoms with Crippen LogP contribution in [0, 0.1) is 0 Å². The molecule has 0 bridgehead atoms. The molecule has 6 nitrogen and oxygen atoms in total. The maximum absolute atomic E-state index is 11.2. The van der Waals surface area contributed by atoms with Crippen molar-refractivity contribution in [3.05, 3.63) is 75.7 Å². The number of ether oxygens (including phenoxy) is 2.